The van der Waals surface area contributed by atoms with Gasteiger partial charge in [0, 0.05) is 37.3 Å². The molecule has 0 spiro atoms. The first-order valence-electron chi connectivity index (χ1n) is 8.28. The van der Waals surface area contributed by atoms with E-state index in [4.69, 9.17) is 0 Å². The van der Waals surface area contributed by atoms with Gasteiger partial charge in [-0.15, -0.1) is 10.2 Å². The van der Waals surface area contributed by atoms with Crippen molar-refractivity contribution in [2.75, 3.05) is 0 Å². The van der Waals surface area contributed by atoms with Crippen LogP contribution in [0, 0.1) is 0 Å². The quantitative estimate of drug-likeness (QED) is 0.797. The number of aromatic nitrogens is 5. The van der Waals surface area contributed by atoms with Crippen LogP contribution in [0.2, 0.25) is 0 Å². The number of hydrogen-bond donors (Lipinski definition) is 1. The fourth-order valence-corrected chi connectivity index (χ4v) is 3.20. The topological polar surface area (TPSA) is 77.1 Å². The minimum absolute atomic E-state index is 0.0725. The van der Waals surface area contributed by atoms with E-state index in [1.54, 1.807) is 6.20 Å². The van der Waals surface area contributed by atoms with Crippen molar-refractivity contribution >= 4 is 11.6 Å². The summed E-state index contributed by atoms with van der Waals surface area (Å²) in [4.78, 5) is 16.9. The van der Waals surface area contributed by atoms with E-state index in [9.17, 15) is 4.79 Å². The zero-order valence-electron chi connectivity index (χ0n) is 13.8. The molecule has 0 radical (unpaired) electrons. The van der Waals surface area contributed by atoms with E-state index in [-0.39, 0.29) is 11.9 Å². The molecule has 1 aliphatic heterocycles. The Morgan fingerprint density at radius 2 is 2.21 bits per heavy atom. The number of carbonyl (C=O) groups excluding carboxylic acids is 1. The normalized spacial score (nSPS) is 17.2. The molecule has 24 heavy (non-hydrogen) atoms. The molecule has 1 aliphatic rings. The van der Waals surface area contributed by atoms with Gasteiger partial charge < -0.3 is 14.3 Å². The number of amides is 1. The number of imidazole rings is 1. The van der Waals surface area contributed by atoms with Crippen LogP contribution >= 0.6 is 0 Å². The molecule has 0 saturated heterocycles. The maximum atomic E-state index is 12.5. The zero-order valence-corrected chi connectivity index (χ0v) is 13.8. The number of rotatable bonds is 3. The lowest BCUT2D eigenvalue weighted by Gasteiger charge is -2.25. The predicted octanol–water partition coefficient (Wildman–Crippen LogP) is 1.79. The standard InChI is InChI=1S/C17H20N6O/c1-11(2)16-21-20-15-7-6-12(9-23(15)16)18-17(24)13-10-22-8-4-3-5-14(22)19-13/h3-5,8,10-12H,6-7,9H2,1-2H3,(H,18,24). The van der Waals surface area contributed by atoms with Crippen LogP contribution in [0.25, 0.3) is 5.65 Å². The predicted molar refractivity (Wildman–Crippen MR) is 88.9 cm³/mol. The Kier molecular flexibility index (Phi) is 3.55. The van der Waals surface area contributed by atoms with Crippen LogP contribution < -0.4 is 5.32 Å². The number of nitrogens with zero attached hydrogens (tertiary/aromatic N) is 5. The van der Waals surface area contributed by atoms with E-state index in [0.29, 0.717) is 11.6 Å². The summed E-state index contributed by atoms with van der Waals surface area (Å²) in [5, 5.41) is 11.6. The molecular formula is C17H20N6O. The van der Waals surface area contributed by atoms with Gasteiger partial charge >= 0.3 is 0 Å². The van der Waals surface area contributed by atoms with Crippen LogP contribution in [0.15, 0.2) is 30.6 Å². The Labute approximate surface area is 139 Å². The van der Waals surface area contributed by atoms with Crippen LogP contribution in [0.5, 0.6) is 0 Å². The van der Waals surface area contributed by atoms with Crippen LogP contribution in [-0.2, 0) is 13.0 Å². The van der Waals surface area contributed by atoms with Gasteiger partial charge in [-0.05, 0) is 18.6 Å². The van der Waals surface area contributed by atoms with Gasteiger partial charge in [0.05, 0.1) is 0 Å². The van der Waals surface area contributed by atoms with Crippen LogP contribution in [0.3, 0.4) is 0 Å². The Morgan fingerprint density at radius 3 is 3.00 bits per heavy atom. The molecule has 4 heterocycles. The van der Waals surface area contributed by atoms with Gasteiger partial charge in [0.15, 0.2) is 0 Å². The summed E-state index contributed by atoms with van der Waals surface area (Å²) in [5.41, 5.74) is 1.22. The third kappa shape index (κ3) is 2.55. The Hall–Kier alpha value is -2.70. The summed E-state index contributed by atoms with van der Waals surface area (Å²) < 4.78 is 3.99. The van der Waals surface area contributed by atoms with Crippen molar-refractivity contribution in [3.63, 3.8) is 0 Å². The van der Waals surface area contributed by atoms with E-state index in [1.165, 1.54) is 0 Å². The number of aryl methyl sites for hydroxylation is 1. The lowest BCUT2D eigenvalue weighted by atomic mass is 10.1. The van der Waals surface area contributed by atoms with Crippen molar-refractivity contribution in [3.05, 3.63) is 47.9 Å². The molecule has 0 aliphatic carbocycles. The molecule has 3 aromatic rings. The molecule has 124 valence electrons. The first kappa shape index (κ1) is 14.9. The first-order valence-corrected chi connectivity index (χ1v) is 8.28. The van der Waals surface area contributed by atoms with Gasteiger partial charge in [-0.25, -0.2) is 4.98 Å². The van der Waals surface area contributed by atoms with Gasteiger partial charge in [0.25, 0.3) is 5.91 Å². The SMILES string of the molecule is CC(C)c1nnc2n1CC(NC(=O)c1cn3ccccc3n1)CC2. The van der Waals surface area contributed by atoms with Gasteiger partial charge in [0.1, 0.15) is 23.0 Å². The molecule has 0 fully saturated rings. The third-order valence-electron chi connectivity index (χ3n) is 4.42. The highest BCUT2D eigenvalue weighted by atomic mass is 16.2. The average molecular weight is 324 g/mol. The number of nitrogens with one attached hydrogen (secondary N) is 1. The summed E-state index contributed by atoms with van der Waals surface area (Å²) in [6.45, 7) is 4.93. The highest BCUT2D eigenvalue weighted by Gasteiger charge is 2.25. The first-order chi connectivity index (χ1) is 11.6. The van der Waals surface area contributed by atoms with Crippen molar-refractivity contribution in [3.8, 4) is 0 Å². The number of carbonyl (C=O) groups is 1. The van der Waals surface area contributed by atoms with E-state index in [2.05, 4.69) is 38.9 Å². The molecular weight excluding hydrogens is 304 g/mol. The van der Waals surface area contributed by atoms with Gasteiger partial charge in [-0.1, -0.05) is 19.9 Å². The van der Waals surface area contributed by atoms with Crippen molar-refractivity contribution in [1.82, 2.24) is 29.5 Å². The van der Waals surface area contributed by atoms with Gasteiger partial charge in [-0.3, -0.25) is 4.79 Å². The summed E-state index contributed by atoms with van der Waals surface area (Å²) in [5.74, 6) is 2.18. The molecule has 1 N–H and O–H groups in total. The smallest absolute Gasteiger partial charge is 0.271 e. The van der Waals surface area contributed by atoms with Crippen molar-refractivity contribution < 1.29 is 4.79 Å². The van der Waals surface area contributed by atoms with Gasteiger partial charge in [-0.2, -0.15) is 0 Å². The summed E-state index contributed by atoms with van der Waals surface area (Å²) >= 11 is 0. The Balaban J connectivity index is 1.51. The zero-order chi connectivity index (χ0) is 16.7. The van der Waals surface area contributed by atoms with Crippen LogP contribution in [-0.4, -0.2) is 36.1 Å². The van der Waals surface area contributed by atoms with Crippen LogP contribution in [0.4, 0.5) is 0 Å². The van der Waals surface area contributed by atoms with E-state index in [1.807, 2.05) is 28.8 Å². The van der Waals surface area contributed by atoms with Crippen molar-refractivity contribution in [2.24, 2.45) is 0 Å². The molecule has 0 bridgehead atoms. The molecule has 0 aromatic carbocycles. The van der Waals surface area contributed by atoms with Gasteiger partial charge in [0.2, 0.25) is 0 Å². The van der Waals surface area contributed by atoms with Crippen molar-refractivity contribution in [1.29, 1.82) is 0 Å². The number of hydrogen-bond acceptors (Lipinski definition) is 4. The second-order valence-corrected chi connectivity index (χ2v) is 6.54. The molecule has 1 amide bonds. The molecule has 7 nitrogen and oxygen atoms in total. The third-order valence-corrected chi connectivity index (χ3v) is 4.42. The average Bonchev–Trinajstić information content (AvgIpc) is 3.18. The number of fused-ring (bicyclic) bond motifs is 2. The minimum Gasteiger partial charge on any atom is -0.346 e. The minimum atomic E-state index is -0.133. The molecule has 1 atom stereocenters. The molecule has 4 rings (SSSR count). The van der Waals surface area contributed by atoms with Crippen LogP contribution in [0.1, 0.15) is 48.3 Å². The van der Waals surface area contributed by atoms with E-state index < -0.39 is 0 Å². The van der Waals surface area contributed by atoms with E-state index >= 15 is 0 Å². The maximum absolute atomic E-state index is 12.5. The highest BCUT2D eigenvalue weighted by molar-refractivity contribution is 5.93. The molecule has 0 saturated carbocycles. The monoisotopic (exact) mass is 324 g/mol. The maximum Gasteiger partial charge on any atom is 0.271 e. The molecule has 1 unspecified atom stereocenters. The second-order valence-electron chi connectivity index (χ2n) is 6.54. The molecule has 7 heteroatoms. The Morgan fingerprint density at radius 1 is 1.33 bits per heavy atom. The fraction of sp³-hybridized carbons (Fsp3) is 0.412. The second kappa shape index (κ2) is 5.74. The molecule has 3 aromatic heterocycles. The largest absolute Gasteiger partial charge is 0.346 e. The lowest BCUT2D eigenvalue weighted by molar-refractivity contribution is 0.0922. The lowest BCUT2D eigenvalue weighted by Crippen LogP contribution is -2.41. The Bertz CT molecular complexity index is 861. The number of pyridine rings is 1. The summed E-state index contributed by atoms with van der Waals surface area (Å²) in [7, 11) is 0. The van der Waals surface area contributed by atoms with Crippen molar-refractivity contribution in [2.45, 2.75) is 45.2 Å². The fourth-order valence-electron chi connectivity index (χ4n) is 3.20. The highest BCUT2D eigenvalue weighted by Crippen LogP contribution is 2.20. The summed E-state index contributed by atoms with van der Waals surface area (Å²) in [6.07, 6.45) is 5.35. The van der Waals surface area contributed by atoms with E-state index in [0.717, 1.165) is 36.7 Å². The summed E-state index contributed by atoms with van der Waals surface area (Å²) in [6, 6.07) is 5.78.